The Morgan fingerprint density at radius 3 is 1.98 bits per heavy atom. The van der Waals surface area contributed by atoms with Crippen LogP contribution in [0.5, 0.6) is 5.75 Å². The summed E-state index contributed by atoms with van der Waals surface area (Å²) in [5.41, 5.74) is 13.9. The van der Waals surface area contributed by atoms with Gasteiger partial charge in [-0.15, -0.1) is 0 Å². The number of anilines is 1. The molecule has 254 valence electrons. The lowest BCUT2D eigenvalue weighted by Crippen LogP contribution is -2.42. The third kappa shape index (κ3) is 7.52. The van der Waals surface area contributed by atoms with E-state index >= 15 is 0 Å². The van der Waals surface area contributed by atoms with Crippen LogP contribution in [0.15, 0.2) is 90.5 Å². The predicted octanol–water partition coefficient (Wildman–Crippen LogP) is 13.6. The van der Waals surface area contributed by atoms with Crippen molar-refractivity contribution in [2.24, 2.45) is 0 Å². The molecule has 0 saturated carbocycles. The number of fused-ring (bicyclic) bond motifs is 1. The van der Waals surface area contributed by atoms with Crippen molar-refractivity contribution in [2.45, 2.75) is 124 Å². The van der Waals surface area contributed by atoms with Gasteiger partial charge in [-0.05, 0) is 88.7 Å². The zero-order valence-corrected chi connectivity index (χ0v) is 32.5. The molecule has 4 aromatic carbocycles. The van der Waals surface area contributed by atoms with Gasteiger partial charge in [0.25, 0.3) is 8.32 Å². The zero-order valence-electron chi connectivity index (χ0n) is 31.5. The van der Waals surface area contributed by atoms with Gasteiger partial charge in [0.1, 0.15) is 5.75 Å². The van der Waals surface area contributed by atoms with Crippen LogP contribution in [0.1, 0.15) is 138 Å². The largest absolute Gasteiger partial charge is 0.543 e. The highest BCUT2D eigenvalue weighted by Gasteiger charge is 2.42. The summed E-state index contributed by atoms with van der Waals surface area (Å²) in [5, 5.41) is 4.11. The number of para-hydroxylation sites is 2. The highest BCUT2D eigenvalue weighted by Crippen LogP contribution is 2.47. The van der Waals surface area contributed by atoms with Crippen molar-refractivity contribution in [1.82, 2.24) is 0 Å². The molecule has 1 N–H and O–H groups in total. The van der Waals surface area contributed by atoms with Crippen molar-refractivity contribution in [3.8, 4) is 16.9 Å². The molecule has 4 aromatic rings. The molecular formula is C45H59NOSi. The molecule has 0 bridgehead atoms. The molecule has 48 heavy (non-hydrogen) atoms. The Kier molecular flexibility index (Phi) is 10.8. The summed E-state index contributed by atoms with van der Waals surface area (Å²) in [4.78, 5) is 0. The van der Waals surface area contributed by atoms with Crippen molar-refractivity contribution in [3.63, 3.8) is 0 Å². The summed E-state index contributed by atoms with van der Waals surface area (Å²) in [5.74, 6) is 1.91. The first-order valence-electron chi connectivity index (χ1n) is 18.3. The van der Waals surface area contributed by atoms with E-state index in [-0.39, 0.29) is 17.0 Å². The van der Waals surface area contributed by atoms with E-state index < -0.39 is 8.32 Å². The van der Waals surface area contributed by atoms with E-state index in [2.05, 4.69) is 172 Å². The second-order valence-corrected chi connectivity index (χ2v) is 20.1. The van der Waals surface area contributed by atoms with Crippen LogP contribution in [-0.2, 0) is 5.41 Å². The molecule has 2 unspecified atom stereocenters. The number of benzene rings is 4. The quantitative estimate of drug-likeness (QED) is 0.153. The molecule has 0 saturated heterocycles. The molecule has 1 aliphatic rings. The minimum Gasteiger partial charge on any atom is -0.543 e. The van der Waals surface area contributed by atoms with Crippen molar-refractivity contribution in [2.75, 3.05) is 5.32 Å². The number of allylic oxidation sites excluding steroid dienone is 1. The third-order valence-corrected chi connectivity index (χ3v) is 13.1. The van der Waals surface area contributed by atoms with Crippen molar-refractivity contribution >= 4 is 20.1 Å². The van der Waals surface area contributed by atoms with Crippen LogP contribution in [0, 0.1) is 0 Å². The molecule has 0 amide bonds. The minimum absolute atomic E-state index is 0.140. The van der Waals surface area contributed by atoms with E-state index in [4.69, 9.17) is 4.43 Å². The van der Waals surface area contributed by atoms with Gasteiger partial charge in [0.05, 0.1) is 6.04 Å². The number of unbranched alkanes of at least 4 members (excludes halogenated alkanes) is 1. The molecular weight excluding hydrogens is 599 g/mol. The van der Waals surface area contributed by atoms with Crippen LogP contribution in [0.25, 0.3) is 17.2 Å². The lowest BCUT2D eigenvalue weighted by atomic mass is 9.86. The average molecular weight is 658 g/mol. The number of hydrogen-bond acceptors (Lipinski definition) is 2. The van der Waals surface area contributed by atoms with Gasteiger partial charge in [-0.3, -0.25) is 0 Å². The molecule has 0 spiro atoms. The topological polar surface area (TPSA) is 21.3 Å². The summed E-state index contributed by atoms with van der Waals surface area (Å²) >= 11 is 0. The van der Waals surface area contributed by atoms with E-state index in [1.165, 1.54) is 55.8 Å². The molecule has 2 atom stereocenters. The molecule has 3 heteroatoms. The molecule has 0 aromatic heterocycles. The third-order valence-electron chi connectivity index (χ3n) is 10.2. The van der Waals surface area contributed by atoms with Crippen LogP contribution in [0.2, 0.25) is 13.1 Å². The fourth-order valence-corrected chi connectivity index (χ4v) is 10.7. The number of hydrogen-bond donors (Lipinski definition) is 1. The summed E-state index contributed by atoms with van der Waals surface area (Å²) in [6.45, 7) is 25.5. The fraction of sp³-hybridized carbons (Fsp3) is 0.422. The van der Waals surface area contributed by atoms with E-state index in [0.717, 1.165) is 25.0 Å². The second-order valence-electron chi connectivity index (χ2n) is 16.2. The Morgan fingerprint density at radius 2 is 1.38 bits per heavy atom. The van der Waals surface area contributed by atoms with Gasteiger partial charge in [-0.25, -0.2) is 0 Å². The lowest BCUT2D eigenvalue weighted by molar-refractivity contribution is 0.516. The van der Waals surface area contributed by atoms with Crippen molar-refractivity contribution in [1.29, 1.82) is 0 Å². The maximum Gasteiger partial charge on any atom is 0.256 e. The van der Waals surface area contributed by atoms with Gasteiger partial charge < -0.3 is 9.74 Å². The Labute approximate surface area is 293 Å². The van der Waals surface area contributed by atoms with Gasteiger partial charge >= 0.3 is 0 Å². The summed E-state index contributed by atoms with van der Waals surface area (Å²) < 4.78 is 7.36. The van der Waals surface area contributed by atoms with E-state index in [0.29, 0.717) is 11.8 Å². The van der Waals surface area contributed by atoms with Gasteiger partial charge in [0.15, 0.2) is 0 Å². The van der Waals surface area contributed by atoms with Crippen LogP contribution in [0.4, 0.5) is 5.69 Å². The Balaban J connectivity index is 1.50. The summed E-state index contributed by atoms with van der Waals surface area (Å²) in [7, 11) is -2.34. The molecule has 0 radical (unpaired) electrons. The predicted molar refractivity (Wildman–Crippen MR) is 212 cm³/mol. The standard InChI is InChI=1S/C45H59NOSi/c1-12-13-23-41(46-43-35(30(2)3)19-16-20-36(43)31(4)5)39-18-14-15-24-42(39)47-48(10,11)44-32(6)29-40-37(21-17-22-38(40)44)33-25-27-34(28-26-33)45(7,8)9/h14-22,24-31,41,44,46H,12-13,23H2,1-11H3. The maximum atomic E-state index is 7.36. The first kappa shape index (κ1) is 35.7. The highest BCUT2D eigenvalue weighted by molar-refractivity contribution is 6.74. The van der Waals surface area contributed by atoms with Crippen molar-refractivity contribution < 1.29 is 4.43 Å². The SMILES string of the molecule is CCCCC(Nc1c(C(C)C)cccc1C(C)C)c1ccccc1O[Si](C)(C)C1C(C)=Cc2c(-c3ccc(C(C)(C)C)cc3)cccc21. The van der Waals surface area contributed by atoms with Crippen molar-refractivity contribution in [3.05, 3.63) is 124 Å². The highest BCUT2D eigenvalue weighted by atomic mass is 28.4. The van der Waals surface area contributed by atoms with Gasteiger partial charge in [-0.2, -0.15) is 0 Å². The molecule has 2 nitrogen and oxygen atoms in total. The molecule has 5 rings (SSSR count). The van der Waals surface area contributed by atoms with Gasteiger partial charge in [0, 0.05) is 16.8 Å². The second kappa shape index (κ2) is 14.5. The maximum absolute atomic E-state index is 7.36. The van der Waals surface area contributed by atoms with Gasteiger partial charge in [-0.1, -0.05) is 159 Å². The fourth-order valence-electron chi connectivity index (χ4n) is 7.69. The molecule has 0 aliphatic heterocycles. The lowest BCUT2D eigenvalue weighted by Gasteiger charge is -2.34. The smallest absolute Gasteiger partial charge is 0.256 e. The van der Waals surface area contributed by atoms with Crippen LogP contribution >= 0.6 is 0 Å². The van der Waals surface area contributed by atoms with Crippen LogP contribution < -0.4 is 9.74 Å². The minimum atomic E-state index is -2.34. The molecule has 0 heterocycles. The van der Waals surface area contributed by atoms with Crippen LogP contribution in [-0.4, -0.2) is 8.32 Å². The Hall–Kier alpha value is -3.56. The van der Waals surface area contributed by atoms with Gasteiger partial charge in [0.2, 0.25) is 0 Å². The normalized spacial score (nSPS) is 15.4. The Morgan fingerprint density at radius 1 is 0.771 bits per heavy atom. The van der Waals surface area contributed by atoms with E-state index in [9.17, 15) is 0 Å². The van der Waals surface area contributed by atoms with Crippen LogP contribution in [0.3, 0.4) is 0 Å². The number of nitrogens with one attached hydrogen (secondary N) is 1. The average Bonchev–Trinajstić information content (AvgIpc) is 3.39. The monoisotopic (exact) mass is 657 g/mol. The van der Waals surface area contributed by atoms with E-state index in [1.807, 2.05) is 0 Å². The zero-order chi connectivity index (χ0) is 34.8. The first-order valence-corrected chi connectivity index (χ1v) is 21.3. The molecule has 0 fully saturated rings. The number of rotatable bonds is 12. The van der Waals surface area contributed by atoms with E-state index in [1.54, 1.807) is 0 Å². The summed E-state index contributed by atoms with van der Waals surface area (Å²) in [6, 6.07) is 31.9. The summed E-state index contributed by atoms with van der Waals surface area (Å²) in [6.07, 6.45) is 5.81. The molecule has 1 aliphatic carbocycles. The Bertz CT molecular complexity index is 1710. The first-order chi connectivity index (χ1) is 22.7.